The lowest BCUT2D eigenvalue weighted by atomic mass is 9.96. The largest absolute Gasteiger partial charge is 0.312 e. The Balaban J connectivity index is 2.18. The van der Waals surface area contributed by atoms with Gasteiger partial charge >= 0.3 is 0 Å². The van der Waals surface area contributed by atoms with Crippen molar-refractivity contribution < 1.29 is 4.79 Å². The number of carbonyl (C=O) groups is 1. The molecular formula is C18H26BrNO. The highest BCUT2D eigenvalue weighted by atomic mass is 79.9. The molecule has 1 unspecified atom stereocenters. The highest BCUT2D eigenvalue weighted by Crippen LogP contribution is 2.30. The van der Waals surface area contributed by atoms with E-state index < -0.39 is 0 Å². The Morgan fingerprint density at radius 3 is 2.81 bits per heavy atom. The van der Waals surface area contributed by atoms with Crippen molar-refractivity contribution in [2.24, 2.45) is 5.92 Å². The zero-order valence-electron chi connectivity index (χ0n) is 13.4. The van der Waals surface area contributed by atoms with E-state index in [4.69, 9.17) is 0 Å². The molecule has 0 saturated heterocycles. The summed E-state index contributed by atoms with van der Waals surface area (Å²) in [7, 11) is 0. The average molecular weight is 352 g/mol. The summed E-state index contributed by atoms with van der Waals surface area (Å²) < 4.78 is 0. The van der Waals surface area contributed by atoms with Crippen molar-refractivity contribution in [3.8, 4) is 0 Å². The standard InChI is InChI=1S/C18H26BrNO/c1-4-6-16(19)12-14-8-9-17-15(11-14)7-5-10-20(17)18(21)13(2)3/h8-9,11,13,16H,4-7,10,12H2,1-3H3. The van der Waals surface area contributed by atoms with Gasteiger partial charge in [-0.05, 0) is 42.9 Å². The van der Waals surface area contributed by atoms with Gasteiger partial charge in [0.1, 0.15) is 0 Å². The van der Waals surface area contributed by atoms with E-state index in [-0.39, 0.29) is 11.8 Å². The number of alkyl halides is 1. The minimum absolute atomic E-state index is 0.0621. The van der Waals surface area contributed by atoms with E-state index in [9.17, 15) is 4.79 Å². The number of anilines is 1. The van der Waals surface area contributed by atoms with Crippen molar-refractivity contribution in [3.63, 3.8) is 0 Å². The first kappa shape index (κ1) is 16.5. The lowest BCUT2D eigenvalue weighted by Gasteiger charge is -2.31. The Hall–Kier alpha value is -0.830. The Bertz CT molecular complexity index is 498. The quantitative estimate of drug-likeness (QED) is 0.702. The molecule has 116 valence electrons. The second-order valence-electron chi connectivity index (χ2n) is 6.30. The maximum absolute atomic E-state index is 12.3. The number of carbonyl (C=O) groups excluding carboxylic acids is 1. The fourth-order valence-corrected chi connectivity index (χ4v) is 3.82. The van der Waals surface area contributed by atoms with Crippen LogP contribution in [0, 0.1) is 5.92 Å². The lowest BCUT2D eigenvalue weighted by Crippen LogP contribution is -2.38. The summed E-state index contributed by atoms with van der Waals surface area (Å²) in [6.45, 7) is 7.03. The first-order valence-electron chi connectivity index (χ1n) is 8.10. The van der Waals surface area contributed by atoms with Crippen LogP contribution in [0.3, 0.4) is 0 Å². The minimum atomic E-state index is 0.0621. The molecule has 0 fully saturated rings. The fraction of sp³-hybridized carbons (Fsp3) is 0.611. The Kier molecular flexibility index (Phi) is 5.86. The number of benzene rings is 1. The van der Waals surface area contributed by atoms with Gasteiger partial charge in [0.25, 0.3) is 0 Å². The highest BCUT2D eigenvalue weighted by molar-refractivity contribution is 9.09. The van der Waals surface area contributed by atoms with E-state index in [1.165, 1.54) is 24.0 Å². The van der Waals surface area contributed by atoms with Crippen molar-refractivity contribution in [2.75, 3.05) is 11.4 Å². The molecule has 3 heteroatoms. The Morgan fingerprint density at radius 1 is 1.38 bits per heavy atom. The third-order valence-electron chi connectivity index (χ3n) is 4.08. The molecule has 0 aromatic heterocycles. The molecule has 1 heterocycles. The van der Waals surface area contributed by atoms with Gasteiger partial charge in [0.05, 0.1) is 0 Å². The maximum atomic E-state index is 12.3. The first-order chi connectivity index (χ1) is 10.0. The number of hydrogen-bond acceptors (Lipinski definition) is 1. The third-order valence-corrected chi connectivity index (χ3v) is 4.86. The summed E-state index contributed by atoms with van der Waals surface area (Å²) in [5.74, 6) is 0.306. The van der Waals surface area contributed by atoms with Crippen LogP contribution in [0.2, 0.25) is 0 Å². The van der Waals surface area contributed by atoms with Crippen LogP contribution in [0.1, 0.15) is 51.2 Å². The first-order valence-corrected chi connectivity index (χ1v) is 9.01. The number of aryl methyl sites for hydroxylation is 1. The van der Waals surface area contributed by atoms with Crippen molar-refractivity contribution >= 4 is 27.5 Å². The van der Waals surface area contributed by atoms with Crippen molar-refractivity contribution in [1.29, 1.82) is 0 Å². The Labute approximate surface area is 137 Å². The predicted molar refractivity (Wildman–Crippen MR) is 93.3 cm³/mol. The second-order valence-corrected chi connectivity index (χ2v) is 7.60. The van der Waals surface area contributed by atoms with Gasteiger partial charge in [0.15, 0.2) is 0 Å². The summed E-state index contributed by atoms with van der Waals surface area (Å²) in [6, 6.07) is 6.64. The highest BCUT2D eigenvalue weighted by Gasteiger charge is 2.24. The molecule has 0 spiro atoms. The monoisotopic (exact) mass is 351 g/mol. The van der Waals surface area contributed by atoms with E-state index in [0.29, 0.717) is 4.83 Å². The molecule has 2 nitrogen and oxygen atoms in total. The van der Waals surface area contributed by atoms with E-state index >= 15 is 0 Å². The zero-order chi connectivity index (χ0) is 15.4. The molecule has 1 aliphatic rings. The van der Waals surface area contributed by atoms with Crippen LogP contribution in [0.25, 0.3) is 0 Å². The molecule has 0 N–H and O–H groups in total. The molecule has 1 aliphatic heterocycles. The lowest BCUT2D eigenvalue weighted by molar-refractivity contribution is -0.121. The normalized spacial score (nSPS) is 16.0. The molecule has 0 saturated carbocycles. The van der Waals surface area contributed by atoms with Crippen molar-refractivity contribution in [2.45, 2.75) is 57.7 Å². The van der Waals surface area contributed by atoms with Gasteiger partial charge in [0.2, 0.25) is 5.91 Å². The Morgan fingerprint density at radius 2 is 2.14 bits per heavy atom. The van der Waals surface area contributed by atoms with Crippen LogP contribution >= 0.6 is 15.9 Å². The minimum Gasteiger partial charge on any atom is -0.312 e. The van der Waals surface area contributed by atoms with E-state index in [1.807, 2.05) is 18.7 Å². The fourth-order valence-electron chi connectivity index (χ4n) is 2.99. The number of hydrogen-bond donors (Lipinski definition) is 0. The molecule has 21 heavy (non-hydrogen) atoms. The molecule has 0 radical (unpaired) electrons. The summed E-state index contributed by atoms with van der Waals surface area (Å²) in [5.41, 5.74) is 3.84. The van der Waals surface area contributed by atoms with Gasteiger partial charge in [0, 0.05) is 23.0 Å². The van der Waals surface area contributed by atoms with Gasteiger partial charge in [-0.2, -0.15) is 0 Å². The van der Waals surface area contributed by atoms with Crippen LogP contribution in [0.5, 0.6) is 0 Å². The average Bonchev–Trinajstić information content (AvgIpc) is 2.45. The van der Waals surface area contributed by atoms with E-state index in [2.05, 4.69) is 41.1 Å². The molecule has 1 aromatic carbocycles. The number of nitrogens with zero attached hydrogens (tertiary/aromatic N) is 1. The molecular weight excluding hydrogens is 326 g/mol. The van der Waals surface area contributed by atoms with Crippen LogP contribution in [-0.4, -0.2) is 17.3 Å². The summed E-state index contributed by atoms with van der Waals surface area (Å²) >= 11 is 3.76. The van der Waals surface area contributed by atoms with Gasteiger partial charge in [-0.25, -0.2) is 0 Å². The van der Waals surface area contributed by atoms with Crippen LogP contribution in [0.4, 0.5) is 5.69 Å². The molecule has 2 rings (SSSR count). The summed E-state index contributed by atoms with van der Waals surface area (Å²) in [6.07, 6.45) is 5.64. The molecule has 1 atom stereocenters. The molecule has 1 aromatic rings. The van der Waals surface area contributed by atoms with Crippen LogP contribution in [-0.2, 0) is 17.6 Å². The summed E-state index contributed by atoms with van der Waals surface area (Å²) in [5, 5.41) is 0. The number of rotatable bonds is 5. The predicted octanol–water partition coefficient (Wildman–Crippen LogP) is 4.73. The van der Waals surface area contributed by atoms with Gasteiger partial charge in [-0.3, -0.25) is 4.79 Å². The van der Waals surface area contributed by atoms with Gasteiger partial charge in [-0.1, -0.05) is 55.3 Å². The third kappa shape index (κ3) is 4.09. The van der Waals surface area contributed by atoms with E-state index in [1.54, 1.807) is 0 Å². The maximum Gasteiger partial charge on any atom is 0.229 e. The smallest absolute Gasteiger partial charge is 0.229 e. The molecule has 1 amide bonds. The van der Waals surface area contributed by atoms with Gasteiger partial charge < -0.3 is 4.90 Å². The number of fused-ring (bicyclic) bond motifs is 1. The number of amides is 1. The zero-order valence-corrected chi connectivity index (χ0v) is 14.9. The molecule has 0 aliphatic carbocycles. The number of halogens is 1. The second kappa shape index (κ2) is 7.44. The topological polar surface area (TPSA) is 20.3 Å². The SMILES string of the molecule is CCCC(Br)Cc1ccc2c(c1)CCCN2C(=O)C(C)C. The van der Waals surface area contributed by atoms with Crippen LogP contribution < -0.4 is 4.90 Å². The van der Waals surface area contributed by atoms with Crippen molar-refractivity contribution in [3.05, 3.63) is 29.3 Å². The van der Waals surface area contributed by atoms with E-state index in [0.717, 1.165) is 31.5 Å². The van der Waals surface area contributed by atoms with Crippen LogP contribution in [0.15, 0.2) is 18.2 Å². The summed E-state index contributed by atoms with van der Waals surface area (Å²) in [4.78, 5) is 14.9. The van der Waals surface area contributed by atoms with Crippen molar-refractivity contribution in [1.82, 2.24) is 0 Å². The van der Waals surface area contributed by atoms with Gasteiger partial charge in [-0.15, -0.1) is 0 Å². The molecule has 0 bridgehead atoms.